The molecule has 120 valence electrons. The van der Waals surface area contributed by atoms with E-state index in [0.29, 0.717) is 6.61 Å². The number of methoxy groups -OCH3 is 1. The standard InChI is InChI=1S/C18H31NO2/c1-6-19-17(13-21-11-7-8-14(2)3)16-12-15(4)9-10-18(16)20-5/h9-10,12,14,17,19H,6-8,11,13H2,1-5H3. The molecule has 1 aromatic carbocycles. The van der Waals surface area contributed by atoms with Crippen LogP contribution in [0.25, 0.3) is 0 Å². The zero-order chi connectivity index (χ0) is 15.7. The van der Waals surface area contributed by atoms with Crippen LogP contribution in [0.1, 0.15) is 50.8 Å². The number of aryl methyl sites for hydroxylation is 1. The molecule has 3 heteroatoms. The fraction of sp³-hybridized carbons (Fsp3) is 0.667. The summed E-state index contributed by atoms with van der Waals surface area (Å²) >= 11 is 0. The van der Waals surface area contributed by atoms with Crippen molar-refractivity contribution in [3.05, 3.63) is 29.3 Å². The monoisotopic (exact) mass is 293 g/mol. The second kappa shape index (κ2) is 9.80. The highest BCUT2D eigenvalue weighted by Crippen LogP contribution is 2.26. The fourth-order valence-electron chi connectivity index (χ4n) is 2.43. The van der Waals surface area contributed by atoms with E-state index in [0.717, 1.165) is 31.2 Å². The maximum atomic E-state index is 5.87. The van der Waals surface area contributed by atoms with Gasteiger partial charge in [-0.05, 0) is 38.3 Å². The summed E-state index contributed by atoms with van der Waals surface area (Å²) in [5, 5.41) is 3.50. The summed E-state index contributed by atoms with van der Waals surface area (Å²) < 4.78 is 11.4. The van der Waals surface area contributed by atoms with Gasteiger partial charge in [0.25, 0.3) is 0 Å². The van der Waals surface area contributed by atoms with E-state index in [-0.39, 0.29) is 6.04 Å². The first kappa shape index (κ1) is 18.0. The van der Waals surface area contributed by atoms with Gasteiger partial charge in [0.05, 0.1) is 19.8 Å². The normalized spacial score (nSPS) is 12.7. The van der Waals surface area contributed by atoms with Crippen LogP contribution in [0.5, 0.6) is 5.75 Å². The van der Waals surface area contributed by atoms with Gasteiger partial charge in [-0.2, -0.15) is 0 Å². The van der Waals surface area contributed by atoms with Gasteiger partial charge >= 0.3 is 0 Å². The molecule has 0 heterocycles. The molecule has 0 saturated heterocycles. The Bertz CT molecular complexity index is 404. The van der Waals surface area contributed by atoms with E-state index in [4.69, 9.17) is 9.47 Å². The van der Waals surface area contributed by atoms with Crippen molar-refractivity contribution in [2.75, 3.05) is 26.9 Å². The summed E-state index contributed by atoms with van der Waals surface area (Å²) in [6, 6.07) is 6.48. The lowest BCUT2D eigenvalue weighted by Crippen LogP contribution is -2.26. The van der Waals surface area contributed by atoms with Crippen LogP contribution in [-0.2, 0) is 4.74 Å². The quantitative estimate of drug-likeness (QED) is 0.659. The first-order valence-electron chi connectivity index (χ1n) is 8.04. The van der Waals surface area contributed by atoms with Gasteiger partial charge in [-0.15, -0.1) is 0 Å². The van der Waals surface area contributed by atoms with Crippen LogP contribution in [-0.4, -0.2) is 26.9 Å². The summed E-state index contributed by atoms with van der Waals surface area (Å²) in [4.78, 5) is 0. The lowest BCUT2D eigenvalue weighted by atomic mass is 10.0. The SMILES string of the molecule is CCNC(COCCCC(C)C)c1cc(C)ccc1OC. The molecule has 1 atom stereocenters. The molecule has 0 spiro atoms. The van der Waals surface area contributed by atoms with Crippen LogP contribution in [0.4, 0.5) is 0 Å². The number of nitrogens with one attached hydrogen (secondary N) is 1. The maximum Gasteiger partial charge on any atom is 0.123 e. The number of ether oxygens (including phenoxy) is 2. The van der Waals surface area contributed by atoms with Crippen LogP contribution in [0, 0.1) is 12.8 Å². The molecule has 1 rings (SSSR count). The number of hydrogen-bond donors (Lipinski definition) is 1. The molecule has 1 unspecified atom stereocenters. The van der Waals surface area contributed by atoms with Crippen molar-refractivity contribution < 1.29 is 9.47 Å². The van der Waals surface area contributed by atoms with E-state index in [2.05, 4.69) is 45.1 Å². The lowest BCUT2D eigenvalue weighted by Gasteiger charge is -2.21. The number of likely N-dealkylation sites (N-methyl/N-ethyl adjacent to an activating group) is 1. The van der Waals surface area contributed by atoms with Crippen LogP contribution >= 0.6 is 0 Å². The predicted molar refractivity (Wildman–Crippen MR) is 89.0 cm³/mol. The van der Waals surface area contributed by atoms with Gasteiger partial charge in [0.1, 0.15) is 5.75 Å². The van der Waals surface area contributed by atoms with Crippen molar-refractivity contribution in [1.29, 1.82) is 0 Å². The molecule has 0 aliphatic carbocycles. The van der Waals surface area contributed by atoms with Crippen molar-refractivity contribution in [3.63, 3.8) is 0 Å². The van der Waals surface area contributed by atoms with Gasteiger partial charge in [-0.25, -0.2) is 0 Å². The van der Waals surface area contributed by atoms with E-state index in [9.17, 15) is 0 Å². The summed E-state index contributed by atoms with van der Waals surface area (Å²) in [6.45, 7) is 11.2. The molecule has 3 nitrogen and oxygen atoms in total. The molecule has 1 aromatic rings. The summed E-state index contributed by atoms with van der Waals surface area (Å²) in [7, 11) is 1.72. The lowest BCUT2D eigenvalue weighted by molar-refractivity contribution is 0.106. The Hall–Kier alpha value is -1.06. The summed E-state index contributed by atoms with van der Waals surface area (Å²) in [5.74, 6) is 1.67. The highest BCUT2D eigenvalue weighted by Gasteiger charge is 2.15. The molecule has 0 aliphatic heterocycles. The van der Waals surface area contributed by atoms with Crippen molar-refractivity contribution in [2.45, 2.75) is 46.6 Å². The zero-order valence-electron chi connectivity index (χ0n) is 14.2. The van der Waals surface area contributed by atoms with Gasteiger partial charge in [0.2, 0.25) is 0 Å². The van der Waals surface area contributed by atoms with Crippen molar-refractivity contribution in [1.82, 2.24) is 5.32 Å². The molecule has 0 aromatic heterocycles. The first-order valence-corrected chi connectivity index (χ1v) is 8.04. The van der Waals surface area contributed by atoms with Crippen LogP contribution in [0.15, 0.2) is 18.2 Å². The molecule has 0 aliphatic rings. The molecule has 0 fully saturated rings. The molecule has 0 saturated carbocycles. The van der Waals surface area contributed by atoms with Gasteiger partial charge in [0, 0.05) is 12.2 Å². The minimum Gasteiger partial charge on any atom is -0.496 e. The zero-order valence-corrected chi connectivity index (χ0v) is 14.2. The van der Waals surface area contributed by atoms with Crippen molar-refractivity contribution >= 4 is 0 Å². The number of hydrogen-bond acceptors (Lipinski definition) is 3. The second-order valence-corrected chi connectivity index (χ2v) is 5.97. The van der Waals surface area contributed by atoms with Crippen LogP contribution in [0.3, 0.4) is 0 Å². The van der Waals surface area contributed by atoms with Crippen LogP contribution in [0.2, 0.25) is 0 Å². The average molecular weight is 293 g/mol. The van der Waals surface area contributed by atoms with E-state index >= 15 is 0 Å². The van der Waals surface area contributed by atoms with Gasteiger partial charge < -0.3 is 14.8 Å². The topological polar surface area (TPSA) is 30.5 Å². The highest BCUT2D eigenvalue weighted by molar-refractivity contribution is 5.39. The second-order valence-electron chi connectivity index (χ2n) is 5.97. The van der Waals surface area contributed by atoms with Gasteiger partial charge in [0.15, 0.2) is 0 Å². The molecular formula is C18H31NO2. The van der Waals surface area contributed by atoms with Crippen molar-refractivity contribution in [2.24, 2.45) is 5.92 Å². The minimum atomic E-state index is 0.184. The summed E-state index contributed by atoms with van der Waals surface area (Å²) in [6.07, 6.45) is 2.35. The molecular weight excluding hydrogens is 262 g/mol. The predicted octanol–water partition coefficient (Wildman–Crippen LogP) is 4.11. The molecule has 0 bridgehead atoms. The van der Waals surface area contributed by atoms with Crippen LogP contribution < -0.4 is 10.1 Å². The Morgan fingerprint density at radius 2 is 2.00 bits per heavy atom. The third kappa shape index (κ3) is 6.49. The Balaban J connectivity index is 2.62. The Labute approximate surface area is 130 Å². The summed E-state index contributed by atoms with van der Waals surface area (Å²) in [5.41, 5.74) is 2.43. The van der Waals surface area contributed by atoms with E-state index in [1.54, 1.807) is 7.11 Å². The van der Waals surface area contributed by atoms with Crippen molar-refractivity contribution in [3.8, 4) is 5.75 Å². The maximum absolute atomic E-state index is 5.87. The Morgan fingerprint density at radius 1 is 1.24 bits per heavy atom. The third-order valence-corrected chi connectivity index (χ3v) is 3.57. The number of benzene rings is 1. The van der Waals surface area contributed by atoms with E-state index in [1.165, 1.54) is 17.5 Å². The molecule has 1 N–H and O–H groups in total. The Morgan fingerprint density at radius 3 is 2.62 bits per heavy atom. The highest BCUT2D eigenvalue weighted by atomic mass is 16.5. The van der Waals surface area contributed by atoms with Gasteiger partial charge in [-0.1, -0.05) is 38.5 Å². The average Bonchev–Trinajstić information content (AvgIpc) is 2.45. The third-order valence-electron chi connectivity index (χ3n) is 3.57. The van der Waals surface area contributed by atoms with E-state index in [1.807, 2.05) is 6.07 Å². The first-order chi connectivity index (χ1) is 10.1. The molecule has 21 heavy (non-hydrogen) atoms. The van der Waals surface area contributed by atoms with E-state index < -0.39 is 0 Å². The van der Waals surface area contributed by atoms with Gasteiger partial charge in [-0.3, -0.25) is 0 Å². The number of rotatable bonds is 10. The molecule has 0 radical (unpaired) electrons. The fourth-order valence-corrected chi connectivity index (χ4v) is 2.43. The molecule has 0 amide bonds. The minimum absolute atomic E-state index is 0.184. The smallest absolute Gasteiger partial charge is 0.123 e. The Kier molecular flexibility index (Phi) is 8.40. The largest absolute Gasteiger partial charge is 0.496 e.